The molecule has 0 atom stereocenters. The zero-order valence-corrected chi connectivity index (χ0v) is 17.2. The van der Waals surface area contributed by atoms with Gasteiger partial charge in [-0.3, -0.25) is 19.3 Å². The zero-order valence-electron chi connectivity index (χ0n) is 17.2. The number of carbonyl (C=O) groups is 4. The van der Waals surface area contributed by atoms with Crippen LogP contribution in [0.25, 0.3) is 0 Å². The Kier molecular flexibility index (Phi) is 6.12. The maximum atomic E-state index is 13.1. The second-order valence-electron chi connectivity index (χ2n) is 7.37. The Morgan fingerprint density at radius 2 is 1.38 bits per heavy atom. The fraction of sp³-hybridized carbons (Fsp3) is 0.167. The summed E-state index contributed by atoms with van der Waals surface area (Å²) in [6.07, 6.45) is 1.51. The average molecular weight is 431 g/mol. The number of imide groups is 2. The predicted octanol–water partition coefficient (Wildman–Crippen LogP) is 2.80. The van der Waals surface area contributed by atoms with Crippen LogP contribution in [0.5, 0.6) is 0 Å². The van der Waals surface area contributed by atoms with Gasteiger partial charge in [-0.25, -0.2) is 9.69 Å². The van der Waals surface area contributed by atoms with Crippen molar-refractivity contribution in [3.63, 3.8) is 0 Å². The van der Waals surface area contributed by atoms with Crippen LogP contribution in [0.4, 0.5) is 4.79 Å². The summed E-state index contributed by atoms with van der Waals surface area (Å²) in [4.78, 5) is 53.8. The highest BCUT2D eigenvalue weighted by Crippen LogP contribution is 2.18. The first kappa shape index (κ1) is 21.0. The molecule has 0 unspecified atom stereocenters. The monoisotopic (exact) mass is 431 g/mol. The Hall–Kier alpha value is -4.20. The van der Waals surface area contributed by atoms with Crippen LogP contribution >= 0.6 is 0 Å². The van der Waals surface area contributed by atoms with Crippen molar-refractivity contribution in [2.45, 2.75) is 19.6 Å². The SMILES string of the molecule is O=C(CN1C(=O)C(=O)N(Cc2ccccc2)C1=O)N(Cc1ccccc1)Cc1ccco1. The van der Waals surface area contributed by atoms with Crippen LogP contribution in [0.15, 0.2) is 83.5 Å². The van der Waals surface area contributed by atoms with E-state index >= 15 is 0 Å². The number of amides is 5. The lowest BCUT2D eigenvalue weighted by atomic mass is 10.2. The zero-order chi connectivity index (χ0) is 22.5. The van der Waals surface area contributed by atoms with Gasteiger partial charge in [0.05, 0.1) is 19.4 Å². The molecule has 0 radical (unpaired) electrons. The molecule has 2 heterocycles. The van der Waals surface area contributed by atoms with Gasteiger partial charge in [-0.15, -0.1) is 0 Å². The molecule has 32 heavy (non-hydrogen) atoms. The summed E-state index contributed by atoms with van der Waals surface area (Å²) in [5, 5.41) is 0. The van der Waals surface area contributed by atoms with E-state index in [1.807, 2.05) is 36.4 Å². The molecule has 1 saturated heterocycles. The highest BCUT2D eigenvalue weighted by molar-refractivity contribution is 6.44. The normalized spacial score (nSPS) is 13.7. The van der Waals surface area contributed by atoms with Gasteiger partial charge in [0.1, 0.15) is 12.3 Å². The van der Waals surface area contributed by atoms with Crippen LogP contribution in [-0.4, -0.2) is 45.0 Å². The first-order valence-electron chi connectivity index (χ1n) is 10.1. The molecule has 1 fully saturated rings. The highest BCUT2D eigenvalue weighted by Gasteiger charge is 2.45. The summed E-state index contributed by atoms with van der Waals surface area (Å²) in [5.41, 5.74) is 1.59. The molecule has 162 valence electrons. The van der Waals surface area contributed by atoms with E-state index in [0.717, 1.165) is 10.5 Å². The van der Waals surface area contributed by atoms with E-state index in [2.05, 4.69) is 0 Å². The van der Waals surface area contributed by atoms with Crippen molar-refractivity contribution in [1.29, 1.82) is 0 Å². The van der Waals surface area contributed by atoms with Crippen LogP contribution in [0.3, 0.4) is 0 Å². The lowest BCUT2D eigenvalue weighted by Crippen LogP contribution is -2.43. The second kappa shape index (κ2) is 9.30. The molecule has 0 saturated carbocycles. The maximum Gasteiger partial charge on any atom is 0.335 e. The van der Waals surface area contributed by atoms with Crippen molar-refractivity contribution in [3.05, 3.63) is 95.9 Å². The largest absolute Gasteiger partial charge is 0.467 e. The summed E-state index contributed by atoms with van der Waals surface area (Å²) >= 11 is 0. The van der Waals surface area contributed by atoms with E-state index in [9.17, 15) is 19.2 Å². The molecule has 1 aliphatic heterocycles. The van der Waals surface area contributed by atoms with E-state index in [-0.39, 0.29) is 19.6 Å². The summed E-state index contributed by atoms with van der Waals surface area (Å²) in [6.45, 7) is -0.131. The number of hydrogen-bond donors (Lipinski definition) is 0. The third kappa shape index (κ3) is 4.59. The fourth-order valence-electron chi connectivity index (χ4n) is 3.46. The molecule has 2 aromatic carbocycles. The van der Waals surface area contributed by atoms with Crippen molar-refractivity contribution in [1.82, 2.24) is 14.7 Å². The Morgan fingerprint density at radius 1 is 0.750 bits per heavy atom. The minimum atomic E-state index is -1.00. The number of nitrogens with zero attached hydrogens (tertiary/aromatic N) is 3. The fourth-order valence-corrected chi connectivity index (χ4v) is 3.46. The average Bonchev–Trinajstić information content (AvgIpc) is 3.39. The maximum absolute atomic E-state index is 13.1. The molecular formula is C24H21N3O5. The number of hydrogen-bond acceptors (Lipinski definition) is 5. The quantitative estimate of drug-likeness (QED) is 0.404. The molecule has 1 aliphatic rings. The Bertz CT molecular complexity index is 1110. The number of rotatable bonds is 8. The van der Waals surface area contributed by atoms with E-state index in [1.54, 1.807) is 36.4 Å². The van der Waals surface area contributed by atoms with Gasteiger partial charge in [-0.2, -0.15) is 0 Å². The van der Waals surface area contributed by atoms with E-state index in [4.69, 9.17) is 4.42 Å². The molecule has 8 heteroatoms. The van der Waals surface area contributed by atoms with Gasteiger partial charge in [0.15, 0.2) is 0 Å². The van der Waals surface area contributed by atoms with Gasteiger partial charge in [0.2, 0.25) is 5.91 Å². The summed E-state index contributed by atoms with van der Waals surface area (Å²) in [6, 6.07) is 20.9. The smallest absolute Gasteiger partial charge is 0.335 e. The second-order valence-corrected chi connectivity index (χ2v) is 7.37. The van der Waals surface area contributed by atoms with Crippen LogP contribution < -0.4 is 0 Å². The van der Waals surface area contributed by atoms with Gasteiger partial charge >= 0.3 is 17.8 Å². The van der Waals surface area contributed by atoms with Crippen LogP contribution in [0, 0.1) is 0 Å². The standard InChI is InChI=1S/C24H21N3O5/c28-21(25(16-20-12-7-13-32-20)14-18-8-3-1-4-9-18)17-27-23(30)22(29)26(24(27)31)15-19-10-5-2-6-11-19/h1-13H,14-17H2. The van der Waals surface area contributed by atoms with Crippen molar-refractivity contribution >= 4 is 23.8 Å². The first-order chi connectivity index (χ1) is 15.5. The molecule has 8 nitrogen and oxygen atoms in total. The Balaban J connectivity index is 1.49. The molecule has 0 bridgehead atoms. The van der Waals surface area contributed by atoms with Gasteiger partial charge in [-0.05, 0) is 23.3 Å². The molecular weight excluding hydrogens is 410 g/mol. The lowest BCUT2D eigenvalue weighted by Gasteiger charge is -2.24. The molecule has 4 rings (SSSR count). The number of carbonyl (C=O) groups excluding carboxylic acids is 4. The minimum absolute atomic E-state index is 0.0327. The van der Waals surface area contributed by atoms with E-state index < -0.39 is 30.3 Å². The van der Waals surface area contributed by atoms with Gasteiger partial charge in [0, 0.05) is 6.54 Å². The number of benzene rings is 2. The lowest BCUT2D eigenvalue weighted by molar-refractivity contribution is -0.145. The highest BCUT2D eigenvalue weighted by atomic mass is 16.3. The number of urea groups is 1. The van der Waals surface area contributed by atoms with Crippen LogP contribution in [-0.2, 0) is 34.0 Å². The molecule has 3 aromatic rings. The summed E-state index contributed by atoms with van der Waals surface area (Å²) in [5.74, 6) is -1.85. The molecule has 1 aromatic heterocycles. The molecule has 0 spiro atoms. The van der Waals surface area contributed by atoms with Crippen molar-refractivity contribution in [3.8, 4) is 0 Å². The molecule has 0 aliphatic carbocycles. The van der Waals surface area contributed by atoms with Crippen LogP contribution in [0.1, 0.15) is 16.9 Å². The van der Waals surface area contributed by atoms with E-state index in [0.29, 0.717) is 16.2 Å². The van der Waals surface area contributed by atoms with Crippen molar-refractivity contribution in [2.75, 3.05) is 6.54 Å². The minimum Gasteiger partial charge on any atom is -0.467 e. The number of furan rings is 1. The third-order valence-electron chi connectivity index (χ3n) is 5.11. The summed E-state index contributed by atoms with van der Waals surface area (Å²) < 4.78 is 5.36. The van der Waals surface area contributed by atoms with E-state index in [1.165, 1.54) is 11.2 Å². The Morgan fingerprint density at radius 3 is 2.00 bits per heavy atom. The van der Waals surface area contributed by atoms with Gasteiger partial charge in [-0.1, -0.05) is 60.7 Å². The Labute approximate surface area is 184 Å². The van der Waals surface area contributed by atoms with Gasteiger partial charge in [0.25, 0.3) is 0 Å². The van der Waals surface area contributed by atoms with Gasteiger partial charge < -0.3 is 9.32 Å². The van der Waals surface area contributed by atoms with Crippen molar-refractivity contribution in [2.24, 2.45) is 0 Å². The van der Waals surface area contributed by atoms with Crippen molar-refractivity contribution < 1.29 is 23.6 Å². The summed E-state index contributed by atoms with van der Waals surface area (Å²) in [7, 11) is 0. The predicted molar refractivity (Wildman–Crippen MR) is 114 cm³/mol. The third-order valence-corrected chi connectivity index (χ3v) is 5.11. The molecule has 5 amide bonds. The molecule has 0 N–H and O–H groups in total. The topological polar surface area (TPSA) is 91.1 Å². The van der Waals surface area contributed by atoms with Crippen LogP contribution in [0.2, 0.25) is 0 Å². The first-order valence-corrected chi connectivity index (χ1v) is 10.1.